The van der Waals surface area contributed by atoms with E-state index in [2.05, 4.69) is 99.5 Å². The van der Waals surface area contributed by atoms with E-state index in [1.165, 1.54) is 52.8 Å². The Bertz CT molecular complexity index is 2400. The van der Waals surface area contributed by atoms with Gasteiger partial charge in [0.2, 0.25) is 0 Å². The van der Waals surface area contributed by atoms with Crippen LogP contribution in [0.5, 0.6) is 0 Å². The largest absolute Gasteiger partial charge is 0.309 e. The summed E-state index contributed by atoms with van der Waals surface area (Å²) in [5, 5.41) is 7.66. The Morgan fingerprint density at radius 1 is 0.500 bits per heavy atom. The molecule has 0 atom stereocenters. The molecule has 9 aromatic rings. The lowest BCUT2D eigenvalue weighted by molar-refractivity contribution is 1.14. The maximum atomic E-state index is 5.04. The normalized spacial score (nSPS) is 11.8. The molecule has 5 aromatic heterocycles. The second kappa shape index (κ2) is 9.06. The van der Waals surface area contributed by atoms with Gasteiger partial charge in [0.15, 0.2) is 0 Å². The zero-order valence-corrected chi connectivity index (χ0v) is 23.2. The number of aromatic nitrogens is 4. The molecule has 0 N–H and O–H groups in total. The van der Waals surface area contributed by atoms with Crippen LogP contribution in [0.4, 0.5) is 0 Å². The number of rotatable bonds is 3. The fraction of sp³-hybridized carbons (Fsp3) is 0. The van der Waals surface area contributed by atoms with Gasteiger partial charge in [-0.25, -0.2) is 4.98 Å². The summed E-state index contributed by atoms with van der Waals surface area (Å²) in [5.74, 6) is 0. The number of nitrogens with zero attached hydrogens (tertiary/aromatic N) is 4. The lowest BCUT2D eigenvalue weighted by Gasteiger charge is -2.12. The van der Waals surface area contributed by atoms with Crippen molar-refractivity contribution in [2.45, 2.75) is 0 Å². The summed E-state index contributed by atoms with van der Waals surface area (Å²) < 4.78 is 5.01. The summed E-state index contributed by atoms with van der Waals surface area (Å²) in [5.41, 5.74) is 6.65. The van der Waals surface area contributed by atoms with Gasteiger partial charge in [-0.3, -0.25) is 9.97 Å². The molecule has 0 bridgehead atoms. The smallest absolute Gasteiger partial charge is 0.0915 e. The predicted molar refractivity (Wildman–Crippen MR) is 175 cm³/mol. The molecule has 0 spiro atoms. The molecule has 196 valence electrons. The first-order valence-electron chi connectivity index (χ1n) is 13.9. The van der Waals surface area contributed by atoms with Crippen molar-refractivity contribution >= 4 is 64.1 Å². The molecule has 0 aliphatic carbocycles. The van der Waals surface area contributed by atoms with E-state index < -0.39 is 0 Å². The van der Waals surface area contributed by atoms with Crippen molar-refractivity contribution < 1.29 is 0 Å². The van der Waals surface area contributed by atoms with Gasteiger partial charge in [-0.1, -0.05) is 66.7 Å². The molecule has 5 heteroatoms. The average Bonchev–Trinajstić information content (AvgIpc) is 3.61. The van der Waals surface area contributed by atoms with Crippen LogP contribution in [0.1, 0.15) is 0 Å². The number of pyridine rings is 3. The molecule has 0 fully saturated rings. The van der Waals surface area contributed by atoms with Gasteiger partial charge >= 0.3 is 0 Å². The first kappa shape index (κ1) is 23.3. The van der Waals surface area contributed by atoms with Crippen LogP contribution in [0.15, 0.2) is 134 Å². The van der Waals surface area contributed by atoms with Gasteiger partial charge < -0.3 is 4.57 Å². The van der Waals surface area contributed by atoms with Crippen LogP contribution in [0.2, 0.25) is 0 Å². The molecule has 0 radical (unpaired) electrons. The molecule has 0 unspecified atom stereocenters. The maximum Gasteiger partial charge on any atom is 0.0915 e. The second-order valence-corrected chi connectivity index (χ2v) is 11.5. The van der Waals surface area contributed by atoms with Gasteiger partial charge in [-0.15, -0.1) is 11.3 Å². The Morgan fingerprint density at radius 3 is 1.88 bits per heavy atom. The van der Waals surface area contributed by atoms with Crippen LogP contribution in [0.3, 0.4) is 0 Å². The van der Waals surface area contributed by atoms with Crippen molar-refractivity contribution in [2.75, 3.05) is 0 Å². The highest BCUT2D eigenvalue weighted by molar-refractivity contribution is 7.26. The van der Waals surface area contributed by atoms with Crippen LogP contribution < -0.4 is 0 Å². The standard InChI is InChI=1S/C37H22N4S/c1-2-10-25-23(9-1)15-17-32-35(25)36-33(18-16-27-26-11-3-4-14-34(26)42-37(27)36)41(32)24-21-30(28-12-5-7-19-38-28)40-31(22-24)29-13-6-8-20-39-29/h1-22H. The van der Waals surface area contributed by atoms with Crippen molar-refractivity contribution in [3.8, 4) is 28.5 Å². The molecule has 9 rings (SSSR count). The second-order valence-electron chi connectivity index (χ2n) is 10.5. The topological polar surface area (TPSA) is 43.6 Å². The third-order valence-electron chi connectivity index (χ3n) is 8.09. The summed E-state index contributed by atoms with van der Waals surface area (Å²) in [6.07, 6.45) is 3.63. The Morgan fingerprint density at radius 2 is 1.14 bits per heavy atom. The van der Waals surface area contributed by atoms with Crippen molar-refractivity contribution in [1.82, 2.24) is 19.5 Å². The van der Waals surface area contributed by atoms with E-state index >= 15 is 0 Å². The number of hydrogen-bond donors (Lipinski definition) is 0. The van der Waals surface area contributed by atoms with Crippen LogP contribution in [-0.4, -0.2) is 19.5 Å². The molecule has 0 saturated heterocycles. The van der Waals surface area contributed by atoms with E-state index in [0.717, 1.165) is 28.5 Å². The number of benzene rings is 4. The molecule has 4 aromatic carbocycles. The lowest BCUT2D eigenvalue weighted by Crippen LogP contribution is -1.99. The fourth-order valence-corrected chi connectivity index (χ4v) is 7.51. The van der Waals surface area contributed by atoms with Gasteiger partial charge in [0.05, 0.1) is 39.5 Å². The van der Waals surface area contributed by atoms with E-state index in [0.29, 0.717) is 0 Å². The third-order valence-corrected chi connectivity index (χ3v) is 9.29. The zero-order valence-electron chi connectivity index (χ0n) is 22.4. The van der Waals surface area contributed by atoms with Gasteiger partial charge in [-0.05, 0) is 65.4 Å². The predicted octanol–water partition coefficient (Wildman–Crippen LogP) is 9.82. The number of hydrogen-bond acceptors (Lipinski definition) is 4. The minimum atomic E-state index is 0.812. The summed E-state index contributed by atoms with van der Waals surface area (Å²) in [6, 6.07) is 42.7. The molecular weight excluding hydrogens is 533 g/mol. The molecule has 42 heavy (non-hydrogen) atoms. The molecule has 0 aliphatic rings. The zero-order chi connectivity index (χ0) is 27.6. The van der Waals surface area contributed by atoms with Crippen molar-refractivity contribution in [1.29, 1.82) is 0 Å². The summed E-state index contributed by atoms with van der Waals surface area (Å²) in [7, 11) is 0. The minimum absolute atomic E-state index is 0.812. The summed E-state index contributed by atoms with van der Waals surface area (Å²) >= 11 is 1.88. The van der Waals surface area contributed by atoms with Crippen LogP contribution in [0, 0.1) is 0 Å². The SMILES string of the molecule is c1ccc(-c2cc(-n3c4ccc5ccccc5c4c4c5sc6ccccc6c5ccc43)cc(-c3ccccn3)n2)nc1. The highest BCUT2D eigenvalue weighted by Crippen LogP contribution is 2.45. The van der Waals surface area contributed by atoms with E-state index in [1.807, 2.05) is 60.1 Å². The van der Waals surface area contributed by atoms with Crippen LogP contribution >= 0.6 is 11.3 Å². The fourth-order valence-electron chi connectivity index (χ4n) is 6.26. The van der Waals surface area contributed by atoms with E-state index in [9.17, 15) is 0 Å². The number of thiophene rings is 1. The first-order valence-corrected chi connectivity index (χ1v) is 14.8. The molecule has 0 saturated carbocycles. The highest BCUT2D eigenvalue weighted by atomic mass is 32.1. The quantitative estimate of drug-likeness (QED) is 0.218. The van der Waals surface area contributed by atoms with Crippen LogP contribution in [0.25, 0.3) is 81.2 Å². The Balaban J connectivity index is 1.46. The van der Waals surface area contributed by atoms with E-state index in [4.69, 9.17) is 4.98 Å². The molecular formula is C37H22N4S. The molecule has 4 nitrogen and oxygen atoms in total. The van der Waals surface area contributed by atoms with E-state index in [1.54, 1.807) is 0 Å². The molecule has 5 heterocycles. The first-order chi connectivity index (χ1) is 20.8. The third kappa shape index (κ3) is 3.44. The van der Waals surface area contributed by atoms with Crippen molar-refractivity contribution in [3.63, 3.8) is 0 Å². The van der Waals surface area contributed by atoms with Gasteiger partial charge in [0, 0.05) is 43.3 Å². The van der Waals surface area contributed by atoms with Gasteiger partial charge in [-0.2, -0.15) is 0 Å². The average molecular weight is 555 g/mol. The Hall–Kier alpha value is -5.39. The maximum absolute atomic E-state index is 5.04. The van der Waals surface area contributed by atoms with Crippen molar-refractivity contribution in [3.05, 3.63) is 134 Å². The molecule has 0 aliphatic heterocycles. The van der Waals surface area contributed by atoms with Crippen molar-refractivity contribution in [2.24, 2.45) is 0 Å². The monoisotopic (exact) mass is 554 g/mol. The Kier molecular flexibility index (Phi) is 5.03. The van der Waals surface area contributed by atoms with Crippen LogP contribution in [-0.2, 0) is 0 Å². The summed E-state index contributed by atoms with van der Waals surface area (Å²) in [6.45, 7) is 0. The van der Waals surface area contributed by atoms with E-state index in [-0.39, 0.29) is 0 Å². The highest BCUT2D eigenvalue weighted by Gasteiger charge is 2.20. The Labute approximate surface area is 245 Å². The lowest BCUT2D eigenvalue weighted by atomic mass is 10.0. The minimum Gasteiger partial charge on any atom is -0.309 e. The molecule has 0 amide bonds. The summed E-state index contributed by atoms with van der Waals surface area (Å²) in [4.78, 5) is 14.3. The number of fused-ring (bicyclic) bond motifs is 9. The van der Waals surface area contributed by atoms with Gasteiger partial charge in [0.25, 0.3) is 0 Å². The van der Waals surface area contributed by atoms with Gasteiger partial charge in [0.1, 0.15) is 0 Å².